The number of halogens is 4. The van der Waals surface area contributed by atoms with Crippen LogP contribution in [0.1, 0.15) is 17.2 Å². The average molecular weight is 316 g/mol. The molecule has 2 rings (SSSR count). The van der Waals surface area contributed by atoms with Gasteiger partial charge in [-0.15, -0.1) is 0 Å². The van der Waals surface area contributed by atoms with Crippen LogP contribution in [-0.4, -0.2) is 10.6 Å². The Balaban J connectivity index is 2.04. The van der Waals surface area contributed by atoms with Crippen LogP contribution >= 0.6 is 11.8 Å². The summed E-state index contributed by atoms with van der Waals surface area (Å²) in [6, 6.07) is 11.3. The van der Waals surface area contributed by atoms with Gasteiger partial charge in [0.2, 0.25) is 0 Å². The zero-order chi connectivity index (χ0) is 15.5. The van der Waals surface area contributed by atoms with E-state index < -0.39 is 17.4 Å². The Hall–Kier alpha value is -1.53. The minimum absolute atomic E-state index is 0.0594. The largest absolute Gasteiger partial charge is 0.446 e. The first kappa shape index (κ1) is 15.9. The SMILES string of the molecule is OC(Cc1cccc(F)c1)c1ccc(SC(F)(F)F)cc1. The van der Waals surface area contributed by atoms with Gasteiger partial charge in [0.25, 0.3) is 0 Å². The van der Waals surface area contributed by atoms with Crippen molar-refractivity contribution in [2.24, 2.45) is 0 Å². The molecule has 112 valence electrons. The van der Waals surface area contributed by atoms with Gasteiger partial charge < -0.3 is 5.11 Å². The third kappa shape index (κ3) is 5.06. The Morgan fingerprint density at radius 3 is 2.29 bits per heavy atom. The van der Waals surface area contributed by atoms with E-state index in [1.807, 2.05) is 0 Å². The summed E-state index contributed by atoms with van der Waals surface area (Å²) in [4.78, 5) is 0.0594. The highest BCUT2D eigenvalue weighted by Gasteiger charge is 2.29. The molecule has 1 unspecified atom stereocenters. The van der Waals surface area contributed by atoms with Gasteiger partial charge in [-0.25, -0.2) is 4.39 Å². The Morgan fingerprint density at radius 2 is 1.71 bits per heavy atom. The number of aliphatic hydroxyl groups is 1. The lowest BCUT2D eigenvalue weighted by Gasteiger charge is -2.12. The van der Waals surface area contributed by atoms with Crippen LogP contribution in [0.5, 0.6) is 0 Å². The van der Waals surface area contributed by atoms with E-state index in [2.05, 4.69) is 0 Å². The zero-order valence-corrected chi connectivity index (χ0v) is 11.6. The van der Waals surface area contributed by atoms with Crippen molar-refractivity contribution in [1.82, 2.24) is 0 Å². The summed E-state index contributed by atoms with van der Waals surface area (Å²) in [6.07, 6.45) is -0.694. The number of hydrogen-bond acceptors (Lipinski definition) is 2. The van der Waals surface area contributed by atoms with Crippen LogP contribution < -0.4 is 0 Å². The fraction of sp³-hybridized carbons (Fsp3) is 0.200. The number of rotatable bonds is 4. The molecule has 21 heavy (non-hydrogen) atoms. The topological polar surface area (TPSA) is 20.2 Å². The van der Waals surface area contributed by atoms with E-state index in [0.29, 0.717) is 11.1 Å². The van der Waals surface area contributed by atoms with Crippen molar-refractivity contribution >= 4 is 11.8 Å². The van der Waals surface area contributed by atoms with Gasteiger partial charge in [0.1, 0.15) is 5.82 Å². The quantitative estimate of drug-likeness (QED) is 0.651. The first-order valence-electron chi connectivity index (χ1n) is 6.12. The molecule has 0 aromatic heterocycles. The number of hydrogen-bond donors (Lipinski definition) is 1. The first-order chi connectivity index (χ1) is 9.83. The molecule has 2 aromatic carbocycles. The van der Waals surface area contributed by atoms with Gasteiger partial charge >= 0.3 is 5.51 Å². The summed E-state index contributed by atoms with van der Waals surface area (Å²) < 4.78 is 49.7. The van der Waals surface area contributed by atoms with E-state index in [1.165, 1.54) is 36.4 Å². The molecular formula is C15H12F4OS. The van der Waals surface area contributed by atoms with Gasteiger partial charge in [0, 0.05) is 11.3 Å². The summed E-state index contributed by atoms with van der Waals surface area (Å²) in [5.74, 6) is -0.392. The number of alkyl halides is 3. The van der Waals surface area contributed by atoms with Crippen molar-refractivity contribution in [2.75, 3.05) is 0 Å². The second-order valence-electron chi connectivity index (χ2n) is 4.47. The van der Waals surface area contributed by atoms with E-state index in [1.54, 1.807) is 12.1 Å². The molecule has 0 aliphatic rings. The fourth-order valence-electron chi connectivity index (χ4n) is 1.90. The van der Waals surface area contributed by atoms with Crippen LogP contribution in [0.25, 0.3) is 0 Å². The maximum Gasteiger partial charge on any atom is 0.446 e. The summed E-state index contributed by atoms with van der Waals surface area (Å²) in [5, 5.41) is 10.0. The second-order valence-corrected chi connectivity index (χ2v) is 5.61. The summed E-state index contributed by atoms with van der Waals surface area (Å²) in [6.45, 7) is 0. The predicted molar refractivity (Wildman–Crippen MR) is 73.4 cm³/mol. The van der Waals surface area contributed by atoms with Gasteiger partial charge in [-0.05, 0) is 47.2 Å². The van der Waals surface area contributed by atoms with Crippen LogP contribution in [0.15, 0.2) is 53.4 Å². The molecule has 0 amide bonds. The van der Waals surface area contributed by atoms with Crippen molar-refractivity contribution in [2.45, 2.75) is 22.9 Å². The first-order valence-corrected chi connectivity index (χ1v) is 6.93. The molecule has 1 N–H and O–H groups in total. The molecule has 0 heterocycles. The van der Waals surface area contributed by atoms with Crippen molar-refractivity contribution in [1.29, 1.82) is 0 Å². The Bertz CT molecular complexity index is 595. The molecule has 1 atom stereocenters. The normalized spacial score (nSPS) is 13.2. The van der Waals surface area contributed by atoms with Gasteiger partial charge in [-0.2, -0.15) is 13.2 Å². The molecule has 0 saturated heterocycles. The lowest BCUT2D eigenvalue weighted by atomic mass is 10.0. The second kappa shape index (κ2) is 6.49. The van der Waals surface area contributed by atoms with Crippen LogP contribution in [-0.2, 0) is 6.42 Å². The average Bonchev–Trinajstić information content (AvgIpc) is 2.37. The van der Waals surface area contributed by atoms with Gasteiger partial charge in [0.05, 0.1) is 6.10 Å². The van der Waals surface area contributed by atoms with Gasteiger partial charge in [0.15, 0.2) is 0 Å². The standard InChI is InChI=1S/C15H12F4OS/c16-12-3-1-2-10(8-12)9-14(20)11-4-6-13(7-5-11)21-15(17,18)19/h1-8,14,20H,9H2. The van der Waals surface area contributed by atoms with E-state index in [9.17, 15) is 22.7 Å². The number of thioether (sulfide) groups is 1. The molecule has 0 aliphatic carbocycles. The minimum atomic E-state index is -4.33. The van der Waals surface area contributed by atoms with E-state index in [0.717, 1.165) is 0 Å². The minimum Gasteiger partial charge on any atom is -0.388 e. The molecule has 1 nitrogen and oxygen atoms in total. The molecule has 2 aromatic rings. The Labute approximate surface area is 123 Å². The molecule has 0 aliphatic heterocycles. The van der Waals surface area contributed by atoms with Crippen LogP contribution in [0, 0.1) is 5.82 Å². The molecular weight excluding hydrogens is 304 g/mol. The van der Waals surface area contributed by atoms with Gasteiger partial charge in [-0.1, -0.05) is 24.3 Å². The maximum atomic E-state index is 13.0. The highest BCUT2D eigenvalue weighted by molar-refractivity contribution is 8.00. The number of benzene rings is 2. The van der Waals surface area contributed by atoms with Crippen LogP contribution in [0.4, 0.5) is 17.6 Å². The highest BCUT2D eigenvalue weighted by atomic mass is 32.2. The molecule has 6 heteroatoms. The Kier molecular flexibility index (Phi) is 4.90. The van der Waals surface area contributed by atoms with Crippen LogP contribution in [0.3, 0.4) is 0 Å². The fourth-order valence-corrected chi connectivity index (χ4v) is 2.44. The smallest absolute Gasteiger partial charge is 0.388 e. The third-order valence-electron chi connectivity index (χ3n) is 2.82. The predicted octanol–water partition coefficient (Wildman–Crippen LogP) is 4.71. The molecule has 0 fully saturated rings. The molecule has 0 saturated carbocycles. The molecule has 0 radical (unpaired) electrons. The summed E-state index contributed by atoms with van der Waals surface area (Å²) in [7, 11) is 0. The third-order valence-corrected chi connectivity index (χ3v) is 3.56. The van der Waals surface area contributed by atoms with Gasteiger partial charge in [-0.3, -0.25) is 0 Å². The number of aliphatic hydroxyl groups excluding tert-OH is 1. The summed E-state index contributed by atoms with van der Waals surface area (Å²) in [5.41, 5.74) is -3.22. The summed E-state index contributed by atoms with van der Waals surface area (Å²) >= 11 is -0.204. The van der Waals surface area contributed by atoms with E-state index in [4.69, 9.17) is 0 Å². The van der Waals surface area contributed by atoms with E-state index >= 15 is 0 Å². The molecule has 0 spiro atoms. The van der Waals surface area contributed by atoms with Crippen molar-refractivity contribution < 1.29 is 22.7 Å². The Morgan fingerprint density at radius 1 is 1.05 bits per heavy atom. The monoisotopic (exact) mass is 316 g/mol. The lowest BCUT2D eigenvalue weighted by Crippen LogP contribution is -2.03. The molecule has 0 bridgehead atoms. The highest BCUT2D eigenvalue weighted by Crippen LogP contribution is 2.37. The van der Waals surface area contributed by atoms with Crippen molar-refractivity contribution in [3.63, 3.8) is 0 Å². The zero-order valence-electron chi connectivity index (χ0n) is 10.8. The van der Waals surface area contributed by atoms with E-state index in [-0.39, 0.29) is 23.1 Å². The van der Waals surface area contributed by atoms with Crippen molar-refractivity contribution in [3.8, 4) is 0 Å². The maximum absolute atomic E-state index is 13.0. The van der Waals surface area contributed by atoms with Crippen molar-refractivity contribution in [3.05, 3.63) is 65.5 Å². The van der Waals surface area contributed by atoms with Crippen LogP contribution in [0.2, 0.25) is 0 Å². The lowest BCUT2D eigenvalue weighted by molar-refractivity contribution is -0.0328.